The fourth-order valence-corrected chi connectivity index (χ4v) is 2.74. The molecule has 0 heterocycles. The van der Waals surface area contributed by atoms with E-state index in [1.807, 2.05) is 0 Å². The molecule has 2 saturated carbocycles. The van der Waals surface area contributed by atoms with Crippen LogP contribution in [0.15, 0.2) is 0 Å². The van der Waals surface area contributed by atoms with Gasteiger partial charge in [-0.1, -0.05) is 6.42 Å². The van der Waals surface area contributed by atoms with Gasteiger partial charge in [-0.3, -0.25) is 4.79 Å². The summed E-state index contributed by atoms with van der Waals surface area (Å²) in [5.41, 5.74) is 5.50. The monoisotopic (exact) mass is 182 g/mol. The summed E-state index contributed by atoms with van der Waals surface area (Å²) in [5, 5.41) is 3.05. The Balaban J connectivity index is 1.86. The predicted molar refractivity (Wildman–Crippen MR) is 51.0 cm³/mol. The first-order valence-electron chi connectivity index (χ1n) is 5.22. The topological polar surface area (TPSA) is 55.1 Å². The van der Waals surface area contributed by atoms with Crippen molar-refractivity contribution < 1.29 is 4.79 Å². The molecule has 4 atom stereocenters. The fourth-order valence-electron chi connectivity index (χ4n) is 2.74. The second kappa shape index (κ2) is 3.29. The standard InChI is InChI=1S/C10H18N2O/c1-6(11)10(13)12-9-5-7-2-3-8(9)4-7/h6-9H,2-5,11H2,1H3,(H,12,13). The van der Waals surface area contributed by atoms with Gasteiger partial charge in [-0.2, -0.15) is 0 Å². The molecule has 0 aliphatic heterocycles. The third kappa shape index (κ3) is 1.70. The zero-order chi connectivity index (χ0) is 9.42. The van der Waals surface area contributed by atoms with Crippen LogP contribution in [0.2, 0.25) is 0 Å². The zero-order valence-corrected chi connectivity index (χ0v) is 8.12. The molecule has 3 nitrogen and oxygen atoms in total. The molecule has 2 bridgehead atoms. The number of carbonyl (C=O) groups is 1. The summed E-state index contributed by atoms with van der Waals surface area (Å²) < 4.78 is 0. The van der Waals surface area contributed by atoms with Crippen LogP contribution in [0, 0.1) is 11.8 Å². The molecule has 0 radical (unpaired) electrons. The van der Waals surface area contributed by atoms with Gasteiger partial charge in [-0.05, 0) is 38.0 Å². The predicted octanol–water partition coefficient (Wildman–Crippen LogP) is 0.638. The molecule has 2 fully saturated rings. The molecule has 0 aromatic heterocycles. The van der Waals surface area contributed by atoms with E-state index in [2.05, 4.69) is 5.32 Å². The normalized spacial score (nSPS) is 39.1. The largest absolute Gasteiger partial charge is 0.352 e. The molecule has 74 valence electrons. The first-order chi connectivity index (χ1) is 6.16. The van der Waals surface area contributed by atoms with E-state index >= 15 is 0 Å². The van der Waals surface area contributed by atoms with Crippen LogP contribution >= 0.6 is 0 Å². The summed E-state index contributed by atoms with van der Waals surface area (Å²) in [6, 6.07) is 0.0661. The van der Waals surface area contributed by atoms with Crippen LogP contribution < -0.4 is 11.1 Å². The Morgan fingerprint density at radius 3 is 2.69 bits per heavy atom. The molecule has 2 aliphatic rings. The van der Waals surface area contributed by atoms with Gasteiger partial charge in [0.25, 0.3) is 0 Å². The van der Waals surface area contributed by atoms with Crippen molar-refractivity contribution in [1.29, 1.82) is 0 Å². The Hall–Kier alpha value is -0.570. The molecule has 3 heteroatoms. The summed E-state index contributed by atoms with van der Waals surface area (Å²) in [5.74, 6) is 1.63. The lowest BCUT2D eigenvalue weighted by atomic mass is 9.95. The van der Waals surface area contributed by atoms with Gasteiger partial charge < -0.3 is 11.1 Å². The van der Waals surface area contributed by atoms with Crippen LogP contribution in [0.5, 0.6) is 0 Å². The van der Waals surface area contributed by atoms with Gasteiger partial charge in [0, 0.05) is 6.04 Å². The molecule has 0 aromatic rings. The second-order valence-corrected chi connectivity index (χ2v) is 4.58. The van der Waals surface area contributed by atoms with Crippen LogP contribution in [0.1, 0.15) is 32.6 Å². The van der Waals surface area contributed by atoms with Crippen LogP contribution in [0.3, 0.4) is 0 Å². The molecule has 2 rings (SSSR count). The number of nitrogens with two attached hydrogens (primary N) is 1. The van der Waals surface area contributed by atoms with Gasteiger partial charge in [-0.15, -0.1) is 0 Å². The molecule has 1 amide bonds. The van der Waals surface area contributed by atoms with Gasteiger partial charge in [0.05, 0.1) is 6.04 Å². The molecular formula is C10H18N2O. The van der Waals surface area contributed by atoms with E-state index in [1.165, 1.54) is 25.7 Å². The van der Waals surface area contributed by atoms with Crippen molar-refractivity contribution in [2.75, 3.05) is 0 Å². The van der Waals surface area contributed by atoms with Crippen molar-refractivity contribution in [2.45, 2.75) is 44.7 Å². The van der Waals surface area contributed by atoms with Gasteiger partial charge in [0.2, 0.25) is 5.91 Å². The highest BCUT2D eigenvalue weighted by atomic mass is 16.2. The lowest BCUT2D eigenvalue weighted by molar-refractivity contribution is -0.123. The number of amides is 1. The third-order valence-electron chi connectivity index (χ3n) is 3.48. The minimum Gasteiger partial charge on any atom is -0.352 e. The van der Waals surface area contributed by atoms with Crippen molar-refractivity contribution in [3.63, 3.8) is 0 Å². The summed E-state index contributed by atoms with van der Waals surface area (Å²) in [7, 11) is 0. The zero-order valence-electron chi connectivity index (χ0n) is 8.12. The Kier molecular flexibility index (Phi) is 2.28. The highest BCUT2D eigenvalue weighted by molar-refractivity contribution is 5.81. The lowest BCUT2D eigenvalue weighted by Crippen LogP contribution is -2.45. The van der Waals surface area contributed by atoms with E-state index in [9.17, 15) is 4.79 Å². The Labute approximate surface area is 79.1 Å². The third-order valence-corrected chi connectivity index (χ3v) is 3.48. The molecule has 4 unspecified atom stereocenters. The number of rotatable bonds is 2. The van der Waals surface area contributed by atoms with Crippen molar-refractivity contribution in [1.82, 2.24) is 5.32 Å². The SMILES string of the molecule is CC(N)C(=O)NC1CC2CCC1C2. The molecule has 3 N–H and O–H groups in total. The summed E-state index contributed by atoms with van der Waals surface area (Å²) in [6.07, 6.45) is 5.18. The lowest BCUT2D eigenvalue weighted by Gasteiger charge is -2.23. The Morgan fingerprint density at radius 2 is 2.23 bits per heavy atom. The summed E-state index contributed by atoms with van der Waals surface area (Å²) >= 11 is 0. The van der Waals surface area contributed by atoms with Crippen LogP contribution in [-0.4, -0.2) is 18.0 Å². The molecular weight excluding hydrogens is 164 g/mol. The van der Waals surface area contributed by atoms with Gasteiger partial charge in [0.15, 0.2) is 0 Å². The number of hydrogen-bond acceptors (Lipinski definition) is 2. The van der Waals surface area contributed by atoms with E-state index in [-0.39, 0.29) is 11.9 Å². The van der Waals surface area contributed by atoms with Gasteiger partial charge >= 0.3 is 0 Å². The van der Waals surface area contributed by atoms with E-state index in [4.69, 9.17) is 5.73 Å². The smallest absolute Gasteiger partial charge is 0.236 e. The molecule has 2 aliphatic carbocycles. The quantitative estimate of drug-likeness (QED) is 0.658. The summed E-state index contributed by atoms with van der Waals surface area (Å²) in [6.45, 7) is 1.74. The highest BCUT2D eigenvalue weighted by Crippen LogP contribution is 2.44. The van der Waals surface area contributed by atoms with E-state index in [1.54, 1.807) is 6.92 Å². The molecule has 0 saturated heterocycles. The number of fused-ring (bicyclic) bond motifs is 2. The second-order valence-electron chi connectivity index (χ2n) is 4.58. The van der Waals surface area contributed by atoms with E-state index < -0.39 is 0 Å². The molecule has 13 heavy (non-hydrogen) atoms. The average molecular weight is 182 g/mol. The summed E-state index contributed by atoms with van der Waals surface area (Å²) in [4.78, 5) is 11.3. The van der Waals surface area contributed by atoms with Crippen LogP contribution in [-0.2, 0) is 4.79 Å². The first-order valence-corrected chi connectivity index (χ1v) is 5.22. The van der Waals surface area contributed by atoms with E-state index in [0.717, 1.165) is 11.8 Å². The average Bonchev–Trinajstić information content (AvgIpc) is 2.64. The Morgan fingerprint density at radius 1 is 1.46 bits per heavy atom. The Bertz CT molecular complexity index is 215. The highest BCUT2D eigenvalue weighted by Gasteiger charge is 2.40. The maximum absolute atomic E-state index is 11.3. The van der Waals surface area contributed by atoms with Crippen molar-refractivity contribution in [3.8, 4) is 0 Å². The minimum absolute atomic E-state index is 0.0116. The van der Waals surface area contributed by atoms with Crippen LogP contribution in [0.4, 0.5) is 0 Å². The first kappa shape index (κ1) is 9.00. The fraction of sp³-hybridized carbons (Fsp3) is 0.900. The van der Waals surface area contributed by atoms with Crippen molar-refractivity contribution >= 4 is 5.91 Å². The minimum atomic E-state index is -0.362. The van der Waals surface area contributed by atoms with E-state index in [0.29, 0.717) is 6.04 Å². The van der Waals surface area contributed by atoms with Crippen molar-refractivity contribution in [2.24, 2.45) is 17.6 Å². The molecule has 0 aromatic carbocycles. The number of hydrogen-bond donors (Lipinski definition) is 2. The number of nitrogens with one attached hydrogen (secondary N) is 1. The van der Waals surface area contributed by atoms with Gasteiger partial charge in [-0.25, -0.2) is 0 Å². The maximum Gasteiger partial charge on any atom is 0.236 e. The van der Waals surface area contributed by atoms with Crippen LogP contribution in [0.25, 0.3) is 0 Å². The number of carbonyl (C=O) groups excluding carboxylic acids is 1. The maximum atomic E-state index is 11.3. The van der Waals surface area contributed by atoms with Gasteiger partial charge in [0.1, 0.15) is 0 Å². The molecule has 0 spiro atoms. The van der Waals surface area contributed by atoms with Crippen molar-refractivity contribution in [3.05, 3.63) is 0 Å².